The summed E-state index contributed by atoms with van der Waals surface area (Å²) in [6, 6.07) is 0.638. The first-order chi connectivity index (χ1) is 6.33. The molecule has 1 atom stereocenters. The van der Waals surface area contributed by atoms with Crippen LogP contribution in [0.15, 0.2) is 0 Å². The first-order valence-corrected chi connectivity index (χ1v) is 5.84. The minimum Gasteiger partial charge on any atom is -0.392 e. The number of hydrogen-bond acceptors (Lipinski definition) is 2. The second kappa shape index (κ2) is 6.63. The lowest BCUT2D eigenvalue weighted by Crippen LogP contribution is -2.36. The molecule has 0 radical (unpaired) electrons. The van der Waals surface area contributed by atoms with Gasteiger partial charge in [-0.2, -0.15) is 0 Å². The topological polar surface area (TPSA) is 32.3 Å². The van der Waals surface area contributed by atoms with E-state index in [1.165, 1.54) is 32.1 Å². The van der Waals surface area contributed by atoms with Crippen LogP contribution < -0.4 is 5.32 Å². The van der Waals surface area contributed by atoms with E-state index in [2.05, 4.69) is 5.32 Å². The van der Waals surface area contributed by atoms with E-state index in [9.17, 15) is 5.11 Å². The first kappa shape index (κ1) is 11.3. The molecule has 1 unspecified atom stereocenters. The summed E-state index contributed by atoms with van der Waals surface area (Å²) >= 11 is 5.53. The summed E-state index contributed by atoms with van der Waals surface area (Å²) < 4.78 is 0. The van der Waals surface area contributed by atoms with Gasteiger partial charge in [0, 0.05) is 18.5 Å². The van der Waals surface area contributed by atoms with Crippen LogP contribution in [0.5, 0.6) is 0 Å². The Morgan fingerprint density at radius 1 is 1.31 bits per heavy atom. The van der Waals surface area contributed by atoms with E-state index >= 15 is 0 Å². The minimum absolute atomic E-state index is 0.264. The molecule has 13 heavy (non-hydrogen) atoms. The van der Waals surface area contributed by atoms with Crippen LogP contribution in [-0.2, 0) is 0 Å². The van der Waals surface area contributed by atoms with Gasteiger partial charge in [-0.05, 0) is 19.3 Å². The molecule has 0 aromatic carbocycles. The Kier molecular flexibility index (Phi) is 5.76. The largest absolute Gasteiger partial charge is 0.392 e. The molecule has 0 spiro atoms. The lowest BCUT2D eigenvalue weighted by molar-refractivity contribution is 0.160. The Hall–Kier alpha value is 0.210. The predicted molar refractivity (Wildman–Crippen MR) is 56.2 cm³/mol. The van der Waals surface area contributed by atoms with Crippen molar-refractivity contribution in [3.8, 4) is 0 Å². The molecule has 0 heterocycles. The molecule has 3 heteroatoms. The van der Waals surface area contributed by atoms with Crippen LogP contribution in [0.2, 0.25) is 0 Å². The Labute approximate surface area is 85.7 Å². The van der Waals surface area contributed by atoms with Crippen LogP contribution in [0.4, 0.5) is 0 Å². The smallest absolute Gasteiger partial charge is 0.0676 e. The quantitative estimate of drug-likeness (QED) is 0.672. The van der Waals surface area contributed by atoms with Crippen molar-refractivity contribution in [1.82, 2.24) is 5.32 Å². The molecule has 1 fully saturated rings. The van der Waals surface area contributed by atoms with Gasteiger partial charge < -0.3 is 10.4 Å². The van der Waals surface area contributed by atoms with Gasteiger partial charge in [-0.25, -0.2) is 0 Å². The molecule has 0 amide bonds. The second-order valence-electron chi connectivity index (χ2n) is 3.87. The van der Waals surface area contributed by atoms with Crippen LogP contribution >= 0.6 is 11.6 Å². The molecule has 0 bridgehead atoms. The number of rotatable bonds is 5. The van der Waals surface area contributed by atoms with Crippen LogP contribution in [0.25, 0.3) is 0 Å². The SMILES string of the molecule is OC(CCCl)CNC1CCCCC1. The summed E-state index contributed by atoms with van der Waals surface area (Å²) in [6.45, 7) is 0.706. The number of hydrogen-bond donors (Lipinski definition) is 2. The van der Waals surface area contributed by atoms with Gasteiger partial charge in [-0.15, -0.1) is 11.6 Å². The Morgan fingerprint density at radius 2 is 2.00 bits per heavy atom. The average molecular weight is 206 g/mol. The van der Waals surface area contributed by atoms with Crippen LogP contribution in [0.3, 0.4) is 0 Å². The van der Waals surface area contributed by atoms with E-state index in [4.69, 9.17) is 11.6 Å². The number of aliphatic hydroxyl groups is 1. The Balaban J connectivity index is 2.03. The van der Waals surface area contributed by atoms with Gasteiger partial charge in [0.05, 0.1) is 6.10 Å². The third-order valence-electron chi connectivity index (χ3n) is 2.69. The highest BCUT2D eigenvalue weighted by molar-refractivity contribution is 6.17. The second-order valence-corrected chi connectivity index (χ2v) is 4.25. The number of halogens is 1. The summed E-state index contributed by atoms with van der Waals surface area (Å²) in [7, 11) is 0. The maximum Gasteiger partial charge on any atom is 0.0676 e. The number of aliphatic hydroxyl groups excluding tert-OH is 1. The molecule has 0 aliphatic heterocycles. The fraction of sp³-hybridized carbons (Fsp3) is 1.00. The maximum atomic E-state index is 9.43. The summed E-state index contributed by atoms with van der Waals surface area (Å²) in [5, 5.41) is 12.8. The Bertz CT molecular complexity index is 126. The molecule has 0 saturated heterocycles. The lowest BCUT2D eigenvalue weighted by atomic mass is 9.95. The lowest BCUT2D eigenvalue weighted by Gasteiger charge is -2.24. The van der Waals surface area contributed by atoms with E-state index in [0.29, 0.717) is 24.9 Å². The predicted octanol–water partition coefficient (Wildman–Crippen LogP) is 1.90. The molecule has 1 aliphatic carbocycles. The standard InChI is InChI=1S/C10H20ClNO/c11-7-6-10(13)8-12-9-4-2-1-3-5-9/h9-10,12-13H,1-8H2. The normalized spacial score (nSPS) is 21.7. The van der Waals surface area contributed by atoms with Crippen molar-refractivity contribution in [2.24, 2.45) is 0 Å². The zero-order valence-corrected chi connectivity index (χ0v) is 8.89. The summed E-state index contributed by atoms with van der Waals surface area (Å²) in [5.74, 6) is 0.549. The van der Waals surface area contributed by atoms with Crippen molar-refractivity contribution in [2.75, 3.05) is 12.4 Å². The van der Waals surface area contributed by atoms with Crippen LogP contribution in [0, 0.1) is 0 Å². The highest BCUT2D eigenvalue weighted by atomic mass is 35.5. The monoisotopic (exact) mass is 205 g/mol. The number of nitrogens with one attached hydrogen (secondary N) is 1. The zero-order valence-electron chi connectivity index (χ0n) is 8.14. The molecule has 1 aliphatic rings. The van der Waals surface area contributed by atoms with E-state index < -0.39 is 0 Å². The fourth-order valence-electron chi connectivity index (χ4n) is 1.84. The van der Waals surface area contributed by atoms with Crippen molar-refractivity contribution in [2.45, 2.75) is 50.7 Å². The van der Waals surface area contributed by atoms with Crippen LogP contribution in [0.1, 0.15) is 38.5 Å². The number of alkyl halides is 1. The molecule has 1 saturated carbocycles. The van der Waals surface area contributed by atoms with E-state index in [-0.39, 0.29) is 6.10 Å². The molecule has 78 valence electrons. The minimum atomic E-state index is -0.264. The third-order valence-corrected chi connectivity index (χ3v) is 2.91. The van der Waals surface area contributed by atoms with Gasteiger partial charge in [0.15, 0.2) is 0 Å². The Morgan fingerprint density at radius 3 is 2.62 bits per heavy atom. The average Bonchev–Trinajstić information content (AvgIpc) is 2.17. The first-order valence-electron chi connectivity index (χ1n) is 5.30. The zero-order chi connectivity index (χ0) is 9.52. The molecule has 0 aromatic rings. The van der Waals surface area contributed by atoms with Gasteiger partial charge in [-0.3, -0.25) is 0 Å². The highest BCUT2D eigenvalue weighted by Crippen LogP contribution is 2.17. The van der Waals surface area contributed by atoms with Crippen molar-refractivity contribution in [3.63, 3.8) is 0 Å². The fourth-order valence-corrected chi connectivity index (χ4v) is 2.09. The van der Waals surface area contributed by atoms with E-state index in [0.717, 1.165) is 0 Å². The highest BCUT2D eigenvalue weighted by Gasteiger charge is 2.13. The van der Waals surface area contributed by atoms with E-state index in [1.54, 1.807) is 0 Å². The van der Waals surface area contributed by atoms with Crippen molar-refractivity contribution < 1.29 is 5.11 Å². The van der Waals surface area contributed by atoms with Crippen molar-refractivity contribution >= 4 is 11.6 Å². The van der Waals surface area contributed by atoms with Gasteiger partial charge in [0.2, 0.25) is 0 Å². The maximum absolute atomic E-state index is 9.43. The molecule has 0 aromatic heterocycles. The molecular formula is C10H20ClNO. The van der Waals surface area contributed by atoms with Gasteiger partial charge in [0.25, 0.3) is 0 Å². The van der Waals surface area contributed by atoms with Gasteiger partial charge >= 0.3 is 0 Å². The summed E-state index contributed by atoms with van der Waals surface area (Å²) in [5.41, 5.74) is 0. The molecular weight excluding hydrogens is 186 g/mol. The van der Waals surface area contributed by atoms with Crippen LogP contribution in [-0.4, -0.2) is 29.7 Å². The summed E-state index contributed by atoms with van der Waals surface area (Å²) in [6.07, 6.45) is 7.02. The van der Waals surface area contributed by atoms with Gasteiger partial charge in [0.1, 0.15) is 0 Å². The molecule has 2 nitrogen and oxygen atoms in total. The van der Waals surface area contributed by atoms with Crippen molar-refractivity contribution in [1.29, 1.82) is 0 Å². The third kappa shape index (κ3) is 4.84. The molecule has 1 rings (SSSR count). The molecule has 2 N–H and O–H groups in total. The summed E-state index contributed by atoms with van der Waals surface area (Å²) in [4.78, 5) is 0. The van der Waals surface area contributed by atoms with E-state index in [1.807, 2.05) is 0 Å². The van der Waals surface area contributed by atoms with Gasteiger partial charge in [-0.1, -0.05) is 19.3 Å². The van der Waals surface area contributed by atoms with Crippen molar-refractivity contribution in [3.05, 3.63) is 0 Å².